The van der Waals surface area contributed by atoms with Crippen LogP contribution in [-0.2, 0) is 24.9 Å². The summed E-state index contributed by atoms with van der Waals surface area (Å²) in [5.74, 6) is 0.844. The third-order valence-electron chi connectivity index (χ3n) is 3.30. The summed E-state index contributed by atoms with van der Waals surface area (Å²) in [4.78, 5) is 22.4. The maximum absolute atomic E-state index is 12.5. The Bertz CT molecular complexity index is 547. The summed E-state index contributed by atoms with van der Waals surface area (Å²) < 4.78 is 3.61. The van der Waals surface area contributed by atoms with E-state index in [9.17, 15) is 4.79 Å². The average molecular weight is 276 g/mol. The van der Waals surface area contributed by atoms with Gasteiger partial charge in [0.15, 0.2) is 0 Å². The van der Waals surface area contributed by atoms with E-state index in [2.05, 4.69) is 15.1 Å². The van der Waals surface area contributed by atoms with Gasteiger partial charge in [0.25, 0.3) is 0 Å². The van der Waals surface area contributed by atoms with Crippen LogP contribution < -0.4 is 0 Å². The van der Waals surface area contributed by atoms with Crippen molar-refractivity contribution in [3.8, 4) is 0 Å². The van der Waals surface area contributed by atoms with E-state index in [1.807, 2.05) is 36.6 Å². The van der Waals surface area contributed by atoms with Gasteiger partial charge in [0.1, 0.15) is 18.5 Å². The summed E-state index contributed by atoms with van der Waals surface area (Å²) in [6.07, 6.45) is 6.72. The smallest absolute Gasteiger partial charge is 0.227 e. The normalized spacial score (nSPS) is 12.3. The molecule has 0 fully saturated rings. The molecule has 0 saturated carbocycles. The lowest BCUT2D eigenvalue weighted by Gasteiger charge is -2.24. The van der Waals surface area contributed by atoms with Crippen molar-refractivity contribution in [2.75, 3.05) is 6.54 Å². The summed E-state index contributed by atoms with van der Waals surface area (Å²) in [7, 11) is 1.93. The van der Waals surface area contributed by atoms with Gasteiger partial charge in [-0.3, -0.25) is 9.48 Å². The highest BCUT2D eigenvalue weighted by atomic mass is 16.2. The van der Waals surface area contributed by atoms with Crippen LogP contribution in [0.15, 0.2) is 25.0 Å². The monoisotopic (exact) mass is 276 g/mol. The zero-order chi connectivity index (χ0) is 14.5. The SMILES string of the molecule is CCN(Cc1nccn1C)C(=O)C(C)Cn1cncn1. The van der Waals surface area contributed by atoms with Crippen molar-refractivity contribution < 1.29 is 4.79 Å². The number of aryl methyl sites for hydroxylation is 1. The molecule has 108 valence electrons. The van der Waals surface area contributed by atoms with E-state index in [-0.39, 0.29) is 11.8 Å². The molecular weight excluding hydrogens is 256 g/mol. The molecule has 2 aromatic heterocycles. The highest BCUT2D eigenvalue weighted by molar-refractivity contribution is 5.78. The van der Waals surface area contributed by atoms with Crippen LogP contribution in [0.25, 0.3) is 0 Å². The Balaban J connectivity index is 1.99. The molecule has 2 rings (SSSR count). The van der Waals surface area contributed by atoms with Crippen molar-refractivity contribution in [1.82, 2.24) is 29.2 Å². The van der Waals surface area contributed by atoms with Crippen LogP contribution in [0.1, 0.15) is 19.7 Å². The van der Waals surface area contributed by atoms with Gasteiger partial charge in [-0.2, -0.15) is 5.10 Å². The zero-order valence-electron chi connectivity index (χ0n) is 12.1. The van der Waals surface area contributed by atoms with Gasteiger partial charge in [0, 0.05) is 26.0 Å². The summed E-state index contributed by atoms with van der Waals surface area (Å²) >= 11 is 0. The number of rotatable bonds is 6. The fourth-order valence-corrected chi connectivity index (χ4v) is 2.06. The second-order valence-electron chi connectivity index (χ2n) is 4.83. The lowest BCUT2D eigenvalue weighted by molar-refractivity contribution is -0.136. The molecule has 1 amide bonds. The van der Waals surface area contributed by atoms with E-state index < -0.39 is 0 Å². The zero-order valence-corrected chi connectivity index (χ0v) is 12.1. The molecule has 2 aromatic rings. The number of hydrogen-bond acceptors (Lipinski definition) is 4. The van der Waals surface area contributed by atoms with Gasteiger partial charge in [-0.15, -0.1) is 0 Å². The molecule has 1 unspecified atom stereocenters. The van der Waals surface area contributed by atoms with Crippen molar-refractivity contribution >= 4 is 5.91 Å². The second kappa shape index (κ2) is 6.31. The highest BCUT2D eigenvalue weighted by Crippen LogP contribution is 2.09. The number of carbonyl (C=O) groups is 1. The Morgan fingerprint density at radius 3 is 2.85 bits per heavy atom. The van der Waals surface area contributed by atoms with Gasteiger partial charge in [0.2, 0.25) is 5.91 Å². The van der Waals surface area contributed by atoms with Crippen LogP contribution in [0.2, 0.25) is 0 Å². The van der Waals surface area contributed by atoms with Crippen LogP contribution in [0.3, 0.4) is 0 Å². The standard InChI is InChI=1S/C13H20N6O/c1-4-18(8-12-15-5-6-17(12)3)13(20)11(2)7-19-10-14-9-16-19/h5-6,9-11H,4,7-8H2,1-3H3. The molecule has 1 atom stereocenters. The molecule has 0 aliphatic rings. The third-order valence-corrected chi connectivity index (χ3v) is 3.30. The minimum Gasteiger partial charge on any atom is -0.337 e. The lowest BCUT2D eigenvalue weighted by atomic mass is 10.1. The van der Waals surface area contributed by atoms with Gasteiger partial charge < -0.3 is 9.47 Å². The Labute approximate surface area is 118 Å². The van der Waals surface area contributed by atoms with Crippen LogP contribution in [0.5, 0.6) is 0 Å². The number of carbonyl (C=O) groups excluding carboxylic acids is 1. The third kappa shape index (κ3) is 3.23. The van der Waals surface area contributed by atoms with Gasteiger partial charge in [-0.05, 0) is 6.92 Å². The molecule has 0 aliphatic heterocycles. The van der Waals surface area contributed by atoms with Gasteiger partial charge >= 0.3 is 0 Å². The Hall–Kier alpha value is -2.18. The molecule has 0 aliphatic carbocycles. The quantitative estimate of drug-likeness (QED) is 0.778. The molecule has 2 heterocycles. The Morgan fingerprint density at radius 2 is 2.30 bits per heavy atom. The minimum atomic E-state index is -0.142. The molecule has 20 heavy (non-hydrogen) atoms. The lowest BCUT2D eigenvalue weighted by Crippen LogP contribution is -2.36. The van der Waals surface area contributed by atoms with E-state index >= 15 is 0 Å². The summed E-state index contributed by atoms with van der Waals surface area (Å²) in [6, 6.07) is 0. The van der Waals surface area contributed by atoms with Crippen LogP contribution in [-0.4, -0.2) is 41.7 Å². The average Bonchev–Trinajstić information content (AvgIpc) is 3.07. The van der Waals surface area contributed by atoms with Crippen molar-refractivity contribution in [3.63, 3.8) is 0 Å². The Morgan fingerprint density at radius 1 is 1.50 bits per heavy atom. The summed E-state index contributed by atoms with van der Waals surface area (Å²) in [5, 5.41) is 4.03. The minimum absolute atomic E-state index is 0.103. The van der Waals surface area contributed by atoms with Gasteiger partial charge in [-0.1, -0.05) is 6.92 Å². The van der Waals surface area contributed by atoms with Crippen LogP contribution >= 0.6 is 0 Å². The first-order valence-corrected chi connectivity index (χ1v) is 6.69. The fourth-order valence-electron chi connectivity index (χ4n) is 2.06. The number of nitrogens with zero attached hydrogens (tertiary/aromatic N) is 6. The van der Waals surface area contributed by atoms with Crippen molar-refractivity contribution in [1.29, 1.82) is 0 Å². The first kappa shape index (κ1) is 14.2. The van der Waals surface area contributed by atoms with Crippen molar-refractivity contribution in [2.24, 2.45) is 13.0 Å². The number of aromatic nitrogens is 5. The van der Waals surface area contributed by atoms with Crippen molar-refractivity contribution in [3.05, 3.63) is 30.9 Å². The maximum atomic E-state index is 12.5. The molecule has 7 heteroatoms. The van der Waals surface area contributed by atoms with E-state index in [1.165, 1.54) is 6.33 Å². The van der Waals surface area contributed by atoms with E-state index in [0.29, 0.717) is 19.6 Å². The number of hydrogen-bond donors (Lipinski definition) is 0. The van der Waals surface area contributed by atoms with Crippen LogP contribution in [0.4, 0.5) is 0 Å². The van der Waals surface area contributed by atoms with E-state index in [1.54, 1.807) is 17.2 Å². The number of amides is 1. The van der Waals surface area contributed by atoms with Crippen molar-refractivity contribution in [2.45, 2.75) is 26.9 Å². The molecule has 7 nitrogen and oxygen atoms in total. The molecule has 0 aromatic carbocycles. The first-order valence-electron chi connectivity index (χ1n) is 6.69. The Kier molecular flexibility index (Phi) is 4.49. The summed E-state index contributed by atoms with van der Waals surface area (Å²) in [5.41, 5.74) is 0. The van der Waals surface area contributed by atoms with E-state index in [4.69, 9.17) is 0 Å². The van der Waals surface area contributed by atoms with Crippen LogP contribution in [0, 0.1) is 5.92 Å². The maximum Gasteiger partial charge on any atom is 0.227 e. The van der Waals surface area contributed by atoms with E-state index in [0.717, 1.165) is 5.82 Å². The molecular formula is C13H20N6O. The second-order valence-corrected chi connectivity index (χ2v) is 4.83. The fraction of sp³-hybridized carbons (Fsp3) is 0.538. The molecule has 0 radical (unpaired) electrons. The topological polar surface area (TPSA) is 68.8 Å². The molecule has 0 bridgehead atoms. The van der Waals surface area contributed by atoms with Gasteiger partial charge in [0.05, 0.1) is 19.0 Å². The number of imidazole rings is 1. The molecule has 0 spiro atoms. The largest absolute Gasteiger partial charge is 0.337 e. The summed E-state index contributed by atoms with van der Waals surface area (Å²) in [6.45, 7) is 5.61. The predicted molar refractivity (Wildman–Crippen MR) is 73.5 cm³/mol. The highest BCUT2D eigenvalue weighted by Gasteiger charge is 2.21. The van der Waals surface area contributed by atoms with Gasteiger partial charge in [-0.25, -0.2) is 9.97 Å². The predicted octanol–water partition coefficient (Wildman–Crippen LogP) is 0.696. The molecule has 0 N–H and O–H groups in total. The first-order chi connectivity index (χ1) is 9.61. The molecule has 0 saturated heterocycles.